The summed E-state index contributed by atoms with van der Waals surface area (Å²) in [5, 5.41) is 0. The van der Waals surface area contributed by atoms with E-state index in [-0.39, 0.29) is 46.4 Å². The standard InChI is InChI=1S/C17H23.2FH.Zr/c1-16(2,13-14-9-5-6-10-14)17(3,4)15-11-7-8-12-15;;;/h5-7,9,11H,8,10,13H2,1-4H3;2*1H;/q-1;;;+3/p-2. The van der Waals surface area contributed by atoms with Crippen molar-refractivity contribution >= 4 is 0 Å². The molecule has 3 heteroatoms. The van der Waals surface area contributed by atoms with Gasteiger partial charge in [-0.2, -0.15) is 6.08 Å². The first-order valence-corrected chi connectivity index (χ1v) is 6.56. The van der Waals surface area contributed by atoms with Crippen LogP contribution in [0.25, 0.3) is 0 Å². The first-order valence-electron chi connectivity index (χ1n) is 6.56. The van der Waals surface area contributed by atoms with Gasteiger partial charge in [-0.15, -0.1) is 6.42 Å². The molecule has 0 amide bonds. The summed E-state index contributed by atoms with van der Waals surface area (Å²) in [5.74, 6) is 0. The molecule has 0 aromatic heterocycles. The van der Waals surface area contributed by atoms with Gasteiger partial charge in [-0.25, -0.2) is 11.6 Å². The molecular formula is C17H23F2Zr. The first kappa shape index (κ1) is 22.0. The SMILES string of the molecule is CC(C)(CC1=CC=CC1)C(C)(C)C1=[C-]CC=C1.[F-].[F-].[Zr+3]. The normalized spacial score (nSPS) is 16.8. The molecule has 0 saturated carbocycles. The van der Waals surface area contributed by atoms with Crippen molar-refractivity contribution < 1.29 is 35.6 Å². The summed E-state index contributed by atoms with van der Waals surface area (Å²) in [5.41, 5.74) is 3.39. The predicted molar refractivity (Wildman–Crippen MR) is 74.5 cm³/mol. The summed E-state index contributed by atoms with van der Waals surface area (Å²) in [6.45, 7) is 9.47. The fraction of sp³-hybridized carbons (Fsp3) is 0.529. The van der Waals surface area contributed by atoms with E-state index in [0.29, 0.717) is 0 Å². The molecule has 0 unspecified atom stereocenters. The topological polar surface area (TPSA) is 0 Å². The number of rotatable bonds is 4. The summed E-state index contributed by atoms with van der Waals surface area (Å²) < 4.78 is 0. The van der Waals surface area contributed by atoms with Gasteiger partial charge in [0.1, 0.15) is 0 Å². The van der Waals surface area contributed by atoms with Gasteiger partial charge in [-0.3, -0.25) is 6.08 Å². The third-order valence-electron chi connectivity index (χ3n) is 4.58. The number of halogens is 2. The van der Waals surface area contributed by atoms with Gasteiger partial charge in [0.05, 0.1) is 0 Å². The van der Waals surface area contributed by atoms with Crippen molar-refractivity contribution in [1.29, 1.82) is 0 Å². The number of allylic oxidation sites excluding steroid dienone is 8. The third kappa shape index (κ3) is 4.35. The van der Waals surface area contributed by atoms with Crippen LogP contribution in [0.15, 0.2) is 41.5 Å². The van der Waals surface area contributed by atoms with Crippen LogP contribution in [0.3, 0.4) is 0 Å². The van der Waals surface area contributed by atoms with Crippen LogP contribution in [0.4, 0.5) is 0 Å². The summed E-state index contributed by atoms with van der Waals surface area (Å²) in [7, 11) is 0. The van der Waals surface area contributed by atoms with Crippen LogP contribution in [-0.4, -0.2) is 0 Å². The van der Waals surface area contributed by atoms with E-state index in [0.717, 1.165) is 12.8 Å². The zero-order chi connectivity index (χ0) is 12.5. The maximum atomic E-state index is 3.50. The van der Waals surface area contributed by atoms with Crippen molar-refractivity contribution in [1.82, 2.24) is 0 Å². The molecule has 0 aromatic rings. The van der Waals surface area contributed by atoms with E-state index in [1.54, 1.807) is 5.57 Å². The zero-order valence-electron chi connectivity index (χ0n) is 12.8. The molecule has 2 rings (SSSR count). The molecule has 0 saturated heterocycles. The second kappa shape index (κ2) is 8.22. The van der Waals surface area contributed by atoms with Gasteiger partial charge in [-0.1, -0.05) is 51.5 Å². The van der Waals surface area contributed by atoms with Crippen LogP contribution in [0.5, 0.6) is 0 Å². The van der Waals surface area contributed by atoms with Gasteiger partial charge < -0.3 is 9.41 Å². The first-order chi connectivity index (χ1) is 7.93. The fourth-order valence-corrected chi connectivity index (χ4v) is 2.61. The largest absolute Gasteiger partial charge is 3.00 e. The molecule has 2 aliphatic carbocycles. The van der Waals surface area contributed by atoms with Crippen LogP contribution in [-0.2, 0) is 26.2 Å². The monoisotopic (exact) mass is 355 g/mol. The molecule has 109 valence electrons. The predicted octanol–water partition coefficient (Wildman–Crippen LogP) is -0.990. The van der Waals surface area contributed by atoms with Crippen LogP contribution >= 0.6 is 0 Å². The van der Waals surface area contributed by atoms with Gasteiger partial charge in [0.2, 0.25) is 0 Å². The van der Waals surface area contributed by atoms with Crippen LogP contribution in [0, 0.1) is 16.9 Å². The van der Waals surface area contributed by atoms with E-state index in [1.165, 1.54) is 12.0 Å². The average molecular weight is 357 g/mol. The Morgan fingerprint density at radius 2 is 1.75 bits per heavy atom. The molecule has 0 N–H and O–H groups in total. The average Bonchev–Trinajstić information content (AvgIpc) is 2.87. The van der Waals surface area contributed by atoms with Gasteiger partial charge in [0.25, 0.3) is 0 Å². The molecule has 0 fully saturated rings. The van der Waals surface area contributed by atoms with Crippen molar-refractivity contribution in [3.63, 3.8) is 0 Å². The van der Waals surface area contributed by atoms with Crippen LogP contribution in [0.1, 0.15) is 47.0 Å². The van der Waals surface area contributed by atoms with E-state index < -0.39 is 0 Å². The van der Waals surface area contributed by atoms with Crippen LogP contribution in [0.2, 0.25) is 0 Å². The molecule has 0 aromatic carbocycles. The van der Waals surface area contributed by atoms with Crippen molar-refractivity contribution in [3.05, 3.63) is 47.6 Å². The zero-order valence-corrected chi connectivity index (χ0v) is 15.2. The molecule has 0 spiro atoms. The fourth-order valence-electron chi connectivity index (χ4n) is 2.61. The Hall–Kier alpha value is -0.297. The van der Waals surface area contributed by atoms with Crippen molar-refractivity contribution in [2.45, 2.75) is 47.0 Å². The van der Waals surface area contributed by atoms with Gasteiger partial charge in [-0.05, 0) is 23.7 Å². The Kier molecular flexibility index (Phi) is 9.04. The Bertz CT molecular complexity index is 426. The molecule has 0 bridgehead atoms. The Labute approximate surface area is 141 Å². The molecule has 1 radical (unpaired) electrons. The third-order valence-corrected chi connectivity index (χ3v) is 4.58. The van der Waals surface area contributed by atoms with E-state index >= 15 is 0 Å². The molecule has 0 heterocycles. The Balaban J connectivity index is 0. The maximum absolute atomic E-state index is 3.50. The van der Waals surface area contributed by atoms with E-state index in [9.17, 15) is 0 Å². The second-order valence-electron chi connectivity index (χ2n) is 6.34. The minimum Gasteiger partial charge on any atom is -1.00 e. The smallest absolute Gasteiger partial charge is 1.00 e. The summed E-state index contributed by atoms with van der Waals surface area (Å²) in [4.78, 5) is 0. The van der Waals surface area contributed by atoms with Crippen molar-refractivity contribution in [3.8, 4) is 0 Å². The molecule has 20 heavy (non-hydrogen) atoms. The van der Waals surface area contributed by atoms with Crippen molar-refractivity contribution in [2.24, 2.45) is 10.8 Å². The number of hydrogen-bond donors (Lipinski definition) is 0. The molecule has 0 nitrogen and oxygen atoms in total. The van der Waals surface area contributed by atoms with Gasteiger partial charge in [0, 0.05) is 0 Å². The summed E-state index contributed by atoms with van der Waals surface area (Å²) >= 11 is 0. The minimum atomic E-state index is 0. The molecule has 2 aliphatic rings. The Morgan fingerprint density at radius 3 is 2.20 bits per heavy atom. The molecule has 0 aliphatic heterocycles. The summed E-state index contributed by atoms with van der Waals surface area (Å²) in [6.07, 6.45) is 18.0. The van der Waals surface area contributed by atoms with E-state index in [2.05, 4.69) is 64.2 Å². The maximum Gasteiger partial charge on any atom is 3.00 e. The van der Waals surface area contributed by atoms with Gasteiger partial charge in [0.15, 0.2) is 0 Å². The molecular weight excluding hydrogens is 333 g/mol. The van der Waals surface area contributed by atoms with E-state index in [1.807, 2.05) is 0 Å². The van der Waals surface area contributed by atoms with E-state index in [4.69, 9.17) is 0 Å². The van der Waals surface area contributed by atoms with Crippen molar-refractivity contribution in [2.75, 3.05) is 0 Å². The van der Waals surface area contributed by atoms with Gasteiger partial charge >= 0.3 is 26.2 Å². The molecule has 0 atom stereocenters. The summed E-state index contributed by atoms with van der Waals surface area (Å²) in [6, 6.07) is 0. The second-order valence-corrected chi connectivity index (χ2v) is 6.34. The number of hydrogen-bond acceptors (Lipinski definition) is 0. The Morgan fingerprint density at radius 1 is 1.10 bits per heavy atom. The van der Waals surface area contributed by atoms with Crippen LogP contribution < -0.4 is 9.41 Å². The quantitative estimate of drug-likeness (QED) is 0.568. The minimum absolute atomic E-state index is 0.